The monoisotopic (exact) mass is 386 g/mol. The minimum Gasteiger partial charge on any atom is -0.497 e. The minimum absolute atomic E-state index is 0.109. The van der Waals surface area contributed by atoms with E-state index in [0.717, 1.165) is 12.0 Å². The largest absolute Gasteiger partial charge is 0.497 e. The van der Waals surface area contributed by atoms with E-state index >= 15 is 0 Å². The van der Waals surface area contributed by atoms with Crippen molar-refractivity contribution in [1.29, 1.82) is 0 Å². The molecule has 1 N–H and O–H groups in total. The van der Waals surface area contributed by atoms with Crippen LogP contribution in [0.15, 0.2) is 48.5 Å². The smallest absolute Gasteiger partial charge is 0.242 e. The number of halogens is 1. The first kappa shape index (κ1) is 21.4. The predicted molar refractivity (Wildman–Crippen MR) is 106 cm³/mol. The van der Waals surface area contributed by atoms with Gasteiger partial charge < -0.3 is 15.0 Å². The van der Waals surface area contributed by atoms with Crippen LogP contribution in [-0.4, -0.2) is 36.4 Å². The molecule has 6 heteroatoms. The van der Waals surface area contributed by atoms with Gasteiger partial charge in [-0.25, -0.2) is 4.39 Å². The molecule has 0 saturated carbocycles. The van der Waals surface area contributed by atoms with E-state index < -0.39 is 11.9 Å². The molecular weight excluding hydrogens is 359 g/mol. The quantitative estimate of drug-likeness (QED) is 0.719. The lowest BCUT2D eigenvalue weighted by atomic mass is 10.1. The highest BCUT2D eigenvalue weighted by Crippen LogP contribution is 2.18. The van der Waals surface area contributed by atoms with Gasteiger partial charge in [0.1, 0.15) is 17.6 Å². The molecule has 0 aliphatic carbocycles. The van der Waals surface area contributed by atoms with Gasteiger partial charge in [-0.15, -0.1) is 0 Å². The first-order chi connectivity index (χ1) is 13.5. The van der Waals surface area contributed by atoms with Crippen molar-refractivity contribution in [2.24, 2.45) is 0 Å². The Hall–Kier alpha value is -2.89. The van der Waals surface area contributed by atoms with E-state index in [-0.39, 0.29) is 24.8 Å². The number of nitrogens with zero attached hydrogens (tertiary/aromatic N) is 1. The summed E-state index contributed by atoms with van der Waals surface area (Å²) in [5, 5.41) is 2.82. The van der Waals surface area contributed by atoms with Crippen molar-refractivity contribution < 1.29 is 18.7 Å². The Balaban J connectivity index is 2.24. The third-order valence-electron chi connectivity index (χ3n) is 4.50. The van der Waals surface area contributed by atoms with E-state index in [0.29, 0.717) is 17.9 Å². The molecule has 0 heterocycles. The zero-order chi connectivity index (χ0) is 20.5. The number of methoxy groups -OCH3 is 1. The van der Waals surface area contributed by atoms with E-state index in [1.54, 1.807) is 32.2 Å². The molecule has 1 atom stereocenters. The Kier molecular flexibility index (Phi) is 7.99. The van der Waals surface area contributed by atoms with Gasteiger partial charge in [0.05, 0.1) is 13.5 Å². The molecule has 2 aromatic rings. The molecule has 28 heavy (non-hydrogen) atoms. The van der Waals surface area contributed by atoms with Crippen LogP contribution >= 0.6 is 0 Å². The molecule has 0 unspecified atom stereocenters. The number of rotatable bonds is 9. The Morgan fingerprint density at radius 2 is 1.93 bits per heavy atom. The Labute approximate surface area is 165 Å². The summed E-state index contributed by atoms with van der Waals surface area (Å²) >= 11 is 0. The van der Waals surface area contributed by atoms with E-state index in [9.17, 15) is 14.0 Å². The summed E-state index contributed by atoms with van der Waals surface area (Å²) in [4.78, 5) is 26.9. The second-order valence-corrected chi connectivity index (χ2v) is 6.61. The number of hydrogen-bond donors (Lipinski definition) is 1. The van der Waals surface area contributed by atoms with Gasteiger partial charge in [-0.05, 0) is 42.7 Å². The van der Waals surface area contributed by atoms with Crippen molar-refractivity contribution in [2.45, 2.75) is 39.3 Å². The predicted octanol–water partition coefficient (Wildman–Crippen LogP) is 3.32. The lowest BCUT2D eigenvalue weighted by Gasteiger charge is -2.29. The number of ether oxygens (including phenoxy) is 1. The maximum Gasteiger partial charge on any atom is 0.242 e. The summed E-state index contributed by atoms with van der Waals surface area (Å²) in [7, 11) is 1.57. The highest BCUT2D eigenvalue weighted by molar-refractivity contribution is 5.88. The van der Waals surface area contributed by atoms with E-state index in [1.807, 2.05) is 31.2 Å². The second-order valence-electron chi connectivity index (χ2n) is 6.61. The number of nitrogens with one attached hydrogen (secondary N) is 1. The van der Waals surface area contributed by atoms with Gasteiger partial charge >= 0.3 is 0 Å². The molecule has 0 spiro atoms. The number of benzene rings is 2. The molecule has 0 aliphatic heterocycles. The Morgan fingerprint density at radius 1 is 1.18 bits per heavy atom. The molecule has 5 nitrogen and oxygen atoms in total. The first-order valence-corrected chi connectivity index (χ1v) is 9.39. The molecule has 2 rings (SSSR count). The fourth-order valence-electron chi connectivity index (χ4n) is 2.85. The fourth-order valence-corrected chi connectivity index (χ4v) is 2.85. The molecule has 0 aliphatic rings. The van der Waals surface area contributed by atoms with Crippen molar-refractivity contribution in [3.8, 4) is 5.75 Å². The van der Waals surface area contributed by atoms with Crippen LogP contribution < -0.4 is 10.1 Å². The van der Waals surface area contributed by atoms with Crippen LogP contribution in [-0.2, 0) is 22.6 Å². The van der Waals surface area contributed by atoms with E-state index in [2.05, 4.69) is 5.32 Å². The van der Waals surface area contributed by atoms with Gasteiger partial charge in [-0.1, -0.05) is 37.3 Å². The third kappa shape index (κ3) is 5.81. The molecule has 0 radical (unpaired) electrons. The van der Waals surface area contributed by atoms with Crippen LogP contribution in [0, 0.1) is 5.82 Å². The topological polar surface area (TPSA) is 58.6 Å². The van der Waals surface area contributed by atoms with Crippen molar-refractivity contribution >= 4 is 11.8 Å². The summed E-state index contributed by atoms with van der Waals surface area (Å²) < 4.78 is 19.2. The van der Waals surface area contributed by atoms with Gasteiger partial charge in [0.2, 0.25) is 11.8 Å². The van der Waals surface area contributed by atoms with Crippen LogP contribution in [0.2, 0.25) is 0 Å². The van der Waals surface area contributed by atoms with Crippen molar-refractivity contribution in [2.75, 3.05) is 13.7 Å². The molecule has 0 saturated heterocycles. The highest BCUT2D eigenvalue weighted by atomic mass is 19.1. The molecule has 0 fully saturated rings. The van der Waals surface area contributed by atoms with Crippen LogP contribution in [0.3, 0.4) is 0 Å². The number of amides is 2. The molecular formula is C22H27FN2O3. The van der Waals surface area contributed by atoms with Crippen molar-refractivity contribution in [3.63, 3.8) is 0 Å². The molecule has 0 aromatic heterocycles. The summed E-state index contributed by atoms with van der Waals surface area (Å²) in [6.07, 6.45) is 0.694. The van der Waals surface area contributed by atoms with Gasteiger partial charge in [0.15, 0.2) is 0 Å². The summed E-state index contributed by atoms with van der Waals surface area (Å²) in [6.45, 7) is 4.41. The average molecular weight is 386 g/mol. The lowest BCUT2D eigenvalue weighted by Crippen LogP contribution is -2.48. The Bertz CT molecular complexity index is 810. The summed E-state index contributed by atoms with van der Waals surface area (Å²) in [6, 6.07) is 12.8. The maximum absolute atomic E-state index is 14.0. The van der Waals surface area contributed by atoms with Gasteiger partial charge in [-0.3, -0.25) is 9.59 Å². The average Bonchev–Trinajstić information content (AvgIpc) is 2.71. The summed E-state index contributed by atoms with van der Waals surface area (Å²) in [5.41, 5.74) is 1.14. The highest BCUT2D eigenvalue weighted by Gasteiger charge is 2.26. The van der Waals surface area contributed by atoms with E-state index in [4.69, 9.17) is 4.74 Å². The van der Waals surface area contributed by atoms with Gasteiger partial charge in [-0.2, -0.15) is 0 Å². The van der Waals surface area contributed by atoms with Crippen LogP contribution in [0.25, 0.3) is 0 Å². The standard InChI is InChI=1S/C22H27FN2O3/c1-4-12-24-22(27)16(2)25(15-17-8-7-10-19(13-17)28-3)21(26)14-18-9-5-6-11-20(18)23/h5-11,13,16H,4,12,14-15H2,1-3H3,(H,24,27)/t16-/m0/s1. The van der Waals surface area contributed by atoms with Crippen LogP contribution in [0.1, 0.15) is 31.4 Å². The summed E-state index contributed by atoms with van der Waals surface area (Å²) in [5.74, 6) is -0.305. The van der Waals surface area contributed by atoms with Crippen molar-refractivity contribution in [3.05, 3.63) is 65.5 Å². The zero-order valence-electron chi connectivity index (χ0n) is 16.6. The number of hydrogen-bond acceptors (Lipinski definition) is 3. The fraction of sp³-hybridized carbons (Fsp3) is 0.364. The molecule has 150 valence electrons. The normalized spacial score (nSPS) is 11.6. The van der Waals surface area contributed by atoms with Gasteiger partial charge in [0, 0.05) is 13.1 Å². The number of carbonyl (C=O) groups excluding carboxylic acids is 2. The van der Waals surface area contributed by atoms with Crippen LogP contribution in [0.4, 0.5) is 4.39 Å². The maximum atomic E-state index is 14.0. The Morgan fingerprint density at radius 3 is 2.61 bits per heavy atom. The third-order valence-corrected chi connectivity index (χ3v) is 4.50. The lowest BCUT2D eigenvalue weighted by molar-refractivity contribution is -0.140. The second kappa shape index (κ2) is 10.4. The number of carbonyl (C=O) groups is 2. The van der Waals surface area contributed by atoms with Gasteiger partial charge in [0.25, 0.3) is 0 Å². The zero-order valence-corrected chi connectivity index (χ0v) is 16.6. The first-order valence-electron chi connectivity index (χ1n) is 9.39. The molecule has 2 amide bonds. The van der Waals surface area contributed by atoms with Crippen LogP contribution in [0.5, 0.6) is 5.75 Å². The minimum atomic E-state index is -0.683. The van der Waals surface area contributed by atoms with E-state index in [1.165, 1.54) is 11.0 Å². The van der Waals surface area contributed by atoms with Crippen molar-refractivity contribution in [1.82, 2.24) is 10.2 Å². The molecule has 0 bridgehead atoms. The molecule has 2 aromatic carbocycles. The SMILES string of the molecule is CCCNC(=O)[C@H](C)N(Cc1cccc(OC)c1)C(=O)Cc1ccccc1F.